The third kappa shape index (κ3) is 2.56. The van der Waals surface area contributed by atoms with E-state index in [0.29, 0.717) is 0 Å². The van der Waals surface area contributed by atoms with Crippen molar-refractivity contribution < 1.29 is 9.57 Å². The van der Waals surface area contributed by atoms with Crippen molar-refractivity contribution in [1.82, 2.24) is 5.06 Å². The standard InChI is InChI=1S/C12H17NO2/c1-3-13-8-9-14-12(15-13)11-6-4-10(2)5-7-11/h4-7,12H,3,8-9H2,1-2H3. The molecule has 0 bridgehead atoms. The van der Waals surface area contributed by atoms with E-state index in [-0.39, 0.29) is 6.29 Å². The molecule has 3 heteroatoms. The zero-order chi connectivity index (χ0) is 10.7. The minimum Gasteiger partial charge on any atom is -0.346 e. The van der Waals surface area contributed by atoms with Crippen molar-refractivity contribution in [1.29, 1.82) is 0 Å². The van der Waals surface area contributed by atoms with E-state index in [1.807, 2.05) is 5.06 Å². The van der Waals surface area contributed by atoms with E-state index in [0.717, 1.165) is 25.3 Å². The van der Waals surface area contributed by atoms with Gasteiger partial charge in [-0.05, 0) is 6.92 Å². The molecule has 0 aromatic heterocycles. The summed E-state index contributed by atoms with van der Waals surface area (Å²) in [4.78, 5) is 5.67. The van der Waals surface area contributed by atoms with Crippen molar-refractivity contribution in [3.05, 3.63) is 35.4 Å². The van der Waals surface area contributed by atoms with Gasteiger partial charge in [0.25, 0.3) is 0 Å². The molecule has 0 amide bonds. The van der Waals surface area contributed by atoms with Crippen LogP contribution in [0.4, 0.5) is 0 Å². The fourth-order valence-corrected chi connectivity index (χ4v) is 1.59. The zero-order valence-corrected chi connectivity index (χ0v) is 9.27. The average molecular weight is 207 g/mol. The maximum absolute atomic E-state index is 5.67. The van der Waals surface area contributed by atoms with Gasteiger partial charge in [-0.2, -0.15) is 5.06 Å². The Morgan fingerprint density at radius 2 is 2.07 bits per heavy atom. The SMILES string of the molecule is CCN1CCOC(c2ccc(C)cc2)O1. The second kappa shape index (κ2) is 4.75. The van der Waals surface area contributed by atoms with Gasteiger partial charge in [0.05, 0.1) is 6.61 Å². The Bertz CT molecular complexity index is 310. The first-order valence-corrected chi connectivity index (χ1v) is 5.39. The molecule has 0 aliphatic carbocycles. The van der Waals surface area contributed by atoms with Gasteiger partial charge in [-0.15, -0.1) is 0 Å². The summed E-state index contributed by atoms with van der Waals surface area (Å²) >= 11 is 0. The number of ether oxygens (including phenoxy) is 1. The van der Waals surface area contributed by atoms with Crippen LogP contribution in [0.15, 0.2) is 24.3 Å². The van der Waals surface area contributed by atoms with Crippen LogP contribution in [0.1, 0.15) is 24.3 Å². The Labute approximate surface area is 90.6 Å². The van der Waals surface area contributed by atoms with Crippen LogP contribution in [0.25, 0.3) is 0 Å². The summed E-state index contributed by atoms with van der Waals surface area (Å²) in [7, 11) is 0. The van der Waals surface area contributed by atoms with E-state index in [1.165, 1.54) is 5.56 Å². The highest BCUT2D eigenvalue weighted by atomic mass is 16.8. The molecule has 0 saturated carbocycles. The van der Waals surface area contributed by atoms with Crippen LogP contribution in [0.3, 0.4) is 0 Å². The van der Waals surface area contributed by atoms with Gasteiger partial charge >= 0.3 is 0 Å². The molecule has 1 aliphatic heterocycles. The maximum Gasteiger partial charge on any atom is 0.203 e. The first kappa shape index (κ1) is 10.6. The molecule has 0 spiro atoms. The van der Waals surface area contributed by atoms with Crippen molar-refractivity contribution in [2.75, 3.05) is 19.7 Å². The lowest BCUT2D eigenvalue weighted by atomic mass is 10.1. The van der Waals surface area contributed by atoms with Crippen molar-refractivity contribution in [3.63, 3.8) is 0 Å². The molecule has 1 atom stereocenters. The molecule has 1 aliphatic rings. The molecule has 2 rings (SSSR count). The van der Waals surface area contributed by atoms with Gasteiger partial charge in [0.15, 0.2) is 0 Å². The first-order chi connectivity index (χ1) is 7.29. The fraction of sp³-hybridized carbons (Fsp3) is 0.500. The lowest BCUT2D eigenvalue weighted by Gasteiger charge is -2.31. The minimum atomic E-state index is -0.237. The summed E-state index contributed by atoms with van der Waals surface area (Å²) in [6.07, 6.45) is -0.237. The Morgan fingerprint density at radius 1 is 1.33 bits per heavy atom. The van der Waals surface area contributed by atoms with Crippen LogP contribution in [0.5, 0.6) is 0 Å². The zero-order valence-electron chi connectivity index (χ0n) is 9.27. The van der Waals surface area contributed by atoms with Gasteiger partial charge in [0.2, 0.25) is 6.29 Å². The van der Waals surface area contributed by atoms with E-state index in [9.17, 15) is 0 Å². The van der Waals surface area contributed by atoms with Crippen LogP contribution >= 0.6 is 0 Å². The molecule has 0 radical (unpaired) electrons. The molecule has 82 valence electrons. The maximum atomic E-state index is 5.67. The lowest BCUT2D eigenvalue weighted by molar-refractivity contribution is -0.323. The Hall–Kier alpha value is -0.900. The van der Waals surface area contributed by atoms with Crippen LogP contribution in [0, 0.1) is 6.92 Å². The third-order valence-corrected chi connectivity index (χ3v) is 2.56. The molecular formula is C12H17NO2. The van der Waals surface area contributed by atoms with Gasteiger partial charge < -0.3 is 4.74 Å². The van der Waals surface area contributed by atoms with Crippen molar-refractivity contribution in [2.24, 2.45) is 0 Å². The number of likely N-dealkylation sites (N-methyl/N-ethyl adjacent to an activating group) is 1. The van der Waals surface area contributed by atoms with Gasteiger partial charge in [-0.3, -0.25) is 4.84 Å². The van der Waals surface area contributed by atoms with E-state index < -0.39 is 0 Å². The van der Waals surface area contributed by atoms with Crippen LogP contribution in [-0.2, 0) is 9.57 Å². The molecule has 3 nitrogen and oxygen atoms in total. The lowest BCUT2D eigenvalue weighted by Crippen LogP contribution is -2.35. The van der Waals surface area contributed by atoms with Crippen LogP contribution < -0.4 is 0 Å². The topological polar surface area (TPSA) is 21.7 Å². The second-order valence-electron chi connectivity index (χ2n) is 3.74. The monoisotopic (exact) mass is 207 g/mol. The van der Waals surface area contributed by atoms with Crippen LogP contribution in [0.2, 0.25) is 0 Å². The molecule has 1 aromatic carbocycles. The Kier molecular flexibility index (Phi) is 3.36. The van der Waals surface area contributed by atoms with Gasteiger partial charge in [0, 0.05) is 18.7 Å². The van der Waals surface area contributed by atoms with Crippen molar-refractivity contribution >= 4 is 0 Å². The number of nitrogens with zero attached hydrogens (tertiary/aromatic N) is 1. The minimum absolute atomic E-state index is 0.237. The molecule has 15 heavy (non-hydrogen) atoms. The van der Waals surface area contributed by atoms with Gasteiger partial charge in [-0.25, -0.2) is 0 Å². The first-order valence-electron chi connectivity index (χ1n) is 5.39. The number of hydroxylamine groups is 2. The normalized spacial score (nSPS) is 22.9. The number of rotatable bonds is 2. The summed E-state index contributed by atoms with van der Waals surface area (Å²) in [5.74, 6) is 0. The average Bonchev–Trinajstić information content (AvgIpc) is 2.30. The predicted molar refractivity (Wildman–Crippen MR) is 58.2 cm³/mol. The van der Waals surface area contributed by atoms with Gasteiger partial charge in [-0.1, -0.05) is 36.8 Å². The molecule has 1 heterocycles. The summed E-state index contributed by atoms with van der Waals surface area (Å²) in [5.41, 5.74) is 2.33. The summed E-state index contributed by atoms with van der Waals surface area (Å²) in [6.45, 7) is 6.62. The van der Waals surface area contributed by atoms with E-state index >= 15 is 0 Å². The van der Waals surface area contributed by atoms with E-state index in [2.05, 4.69) is 38.1 Å². The molecule has 1 fully saturated rings. The highest BCUT2D eigenvalue weighted by Gasteiger charge is 2.21. The quantitative estimate of drug-likeness (QED) is 0.742. The second-order valence-corrected chi connectivity index (χ2v) is 3.74. The van der Waals surface area contributed by atoms with E-state index in [4.69, 9.17) is 9.57 Å². The smallest absolute Gasteiger partial charge is 0.203 e. The molecular weight excluding hydrogens is 190 g/mol. The third-order valence-electron chi connectivity index (χ3n) is 2.56. The molecule has 1 saturated heterocycles. The summed E-state index contributed by atoms with van der Waals surface area (Å²) in [6, 6.07) is 8.26. The number of aryl methyl sites for hydroxylation is 1. The number of hydrogen-bond acceptors (Lipinski definition) is 3. The number of benzene rings is 1. The molecule has 0 N–H and O–H groups in total. The predicted octanol–water partition coefficient (Wildman–Crippen LogP) is 2.28. The number of hydrogen-bond donors (Lipinski definition) is 0. The highest BCUT2D eigenvalue weighted by Crippen LogP contribution is 2.23. The summed E-state index contributed by atoms with van der Waals surface area (Å²) in [5, 5.41) is 1.94. The fourth-order valence-electron chi connectivity index (χ4n) is 1.59. The highest BCUT2D eigenvalue weighted by molar-refractivity contribution is 5.22. The molecule has 1 aromatic rings. The Balaban J connectivity index is 2.06. The Morgan fingerprint density at radius 3 is 2.73 bits per heavy atom. The van der Waals surface area contributed by atoms with Gasteiger partial charge in [0.1, 0.15) is 0 Å². The van der Waals surface area contributed by atoms with Crippen molar-refractivity contribution in [3.8, 4) is 0 Å². The van der Waals surface area contributed by atoms with Crippen molar-refractivity contribution in [2.45, 2.75) is 20.1 Å². The molecule has 1 unspecified atom stereocenters. The summed E-state index contributed by atoms with van der Waals surface area (Å²) < 4.78 is 5.57. The largest absolute Gasteiger partial charge is 0.346 e. The van der Waals surface area contributed by atoms with E-state index in [1.54, 1.807) is 0 Å². The van der Waals surface area contributed by atoms with Crippen LogP contribution in [-0.4, -0.2) is 24.8 Å².